The van der Waals surface area contributed by atoms with E-state index in [9.17, 15) is 14.7 Å². The number of hydrogen-bond acceptors (Lipinski definition) is 6. The second-order valence-corrected chi connectivity index (χ2v) is 9.44. The lowest BCUT2D eigenvalue weighted by Gasteiger charge is -2.38. The fourth-order valence-corrected chi connectivity index (χ4v) is 4.58. The lowest BCUT2D eigenvalue weighted by molar-refractivity contribution is 0.0486. The summed E-state index contributed by atoms with van der Waals surface area (Å²) in [7, 11) is 1.44. The first kappa shape index (κ1) is 25.2. The molecule has 0 unspecified atom stereocenters. The van der Waals surface area contributed by atoms with Gasteiger partial charge in [0.25, 0.3) is 11.8 Å². The molecule has 1 heterocycles. The molecule has 2 amide bonds. The minimum absolute atomic E-state index is 0.147. The summed E-state index contributed by atoms with van der Waals surface area (Å²) in [6.45, 7) is 0.275. The summed E-state index contributed by atoms with van der Waals surface area (Å²) in [4.78, 5) is 27.2. The van der Waals surface area contributed by atoms with Crippen molar-refractivity contribution in [1.82, 2.24) is 10.4 Å². The second-order valence-electron chi connectivity index (χ2n) is 8.52. The fraction of sp³-hybridized carbons (Fsp3) is 0.103. The van der Waals surface area contributed by atoms with E-state index in [-0.39, 0.29) is 23.7 Å². The first-order valence-corrected chi connectivity index (χ1v) is 12.6. The Morgan fingerprint density at radius 2 is 1.74 bits per heavy atom. The predicted octanol–water partition coefficient (Wildman–Crippen LogP) is 5.65. The van der Waals surface area contributed by atoms with E-state index in [2.05, 4.69) is 26.7 Å². The Morgan fingerprint density at radius 1 is 1.00 bits per heavy atom. The van der Waals surface area contributed by atoms with Crippen molar-refractivity contribution in [3.05, 3.63) is 118 Å². The zero-order valence-electron chi connectivity index (χ0n) is 20.4. The van der Waals surface area contributed by atoms with Crippen LogP contribution >= 0.6 is 15.9 Å². The maximum absolute atomic E-state index is 13.7. The van der Waals surface area contributed by atoms with Gasteiger partial charge in [0.05, 0.1) is 18.2 Å². The smallest absolute Gasteiger partial charge is 0.276 e. The van der Waals surface area contributed by atoms with E-state index >= 15 is 0 Å². The topological polar surface area (TPSA) is 100 Å². The highest BCUT2D eigenvalue weighted by Crippen LogP contribution is 2.40. The number of aromatic hydroxyl groups is 1. The van der Waals surface area contributed by atoms with Crippen molar-refractivity contribution in [3.63, 3.8) is 0 Å². The molecule has 0 saturated heterocycles. The number of para-hydroxylation sites is 2. The van der Waals surface area contributed by atoms with E-state index in [0.717, 1.165) is 5.56 Å². The van der Waals surface area contributed by atoms with Gasteiger partial charge in [0.2, 0.25) is 0 Å². The van der Waals surface area contributed by atoms with Crippen LogP contribution in [-0.4, -0.2) is 29.0 Å². The van der Waals surface area contributed by atoms with E-state index in [1.54, 1.807) is 60.7 Å². The standard InChI is InChI=1S/C29H24BrN3O5/c1-37-25-13-7-11-21(26(25)34)27-31-23-15-14-19(30)16-22(23)29(36)33(27)32-28(35)20-10-5-6-12-24(20)38-17-18-8-3-2-4-9-18/h2-16,27,31,34H,17H2,1H3,(H,32,35)/t27-/m1/s1. The summed E-state index contributed by atoms with van der Waals surface area (Å²) >= 11 is 3.40. The number of carbonyl (C=O) groups is 2. The molecule has 1 aliphatic heterocycles. The first-order valence-electron chi connectivity index (χ1n) is 11.8. The van der Waals surface area contributed by atoms with Gasteiger partial charge in [-0.05, 0) is 42.0 Å². The Labute approximate surface area is 227 Å². The number of anilines is 1. The molecule has 0 fully saturated rings. The molecule has 0 saturated carbocycles. The number of methoxy groups -OCH3 is 1. The van der Waals surface area contributed by atoms with Gasteiger partial charge in [0.15, 0.2) is 17.7 Å². The van der Waals surface area contributed by atoms with Gasteiger partial charge < -0.3 is 19.9 Å². The Balaban J connectivity index is 1.48. The van der Waals surface area contributed by atoms with Crippen LogP contribution in [0.1, 0.15) is 38.0 Å². The average molecular weight is 574 g/mol. The van der Waals surface area contributed by atoms with E-state index in [0.29, 0.717) is 27.0 Å². The van der Waals surface area contributed by atoms with Crippen LogP contribution < -0.4 is 20.2 Å². The number of phenols is 1. The van der Waals surface area contributed by atoms with Crippen molar-refractivity contribution in [3.8, 4) is 17.2 Å². The van der Waals surface area contributed by atoms with Gasteiger partial charge in [-0.3, -0.25) is 15.0 Å². The third-order valence-electron chi connectivity index (χ3n) is 6.12. The summed E-state index contributed by atoms with van der Waals surface area (Å²) in [6, 6.07) is 26.6. The molecule has 9 heteroatoms. The van der Waals surface area contributed by atoms with Gasteiger partial charge in [0.1, 0.15) is 12.4 Å². The van der Waals surface area contributed by atoms with Crippen LogP contribution in [0.15, 0.2) is 95.5 Å². The van der Waals surface area contributed by atoms with Crippen LogP contribution in [0.25, 0.3) is 0 Å². The van der Waals surface area contributed by atoms with Crippen LogP contribution in [0.5, 0.6) is 17.2 Å². The highest BCUT2D eigenvalue weighted by molar-refractivity contribution is 9.10. The molecule has 8 nitrogen and oxygen atoms in total. The summed E-state index contributed by atoms with van der Waals surface area (Å²) in [5, 5.41) is 15.3. The first-order chi connectivity index (χ1) is 18.5. The largest absolute Gasteiger partial charge is 0.504 e. The lowest BCUT2D eigenvalue weighted by Crippen LogP contribution is -2.53. The number of fused-ring (bicyclic) bond motifs is 1. The zero-order valence-corrected chi connectivity index (χ0v) is 21.9. The number of hydrazine groups is 1. The molecule has 0 radical (unpaired) electrons. The number of ether oxygens (including phenoxy) is 2. The van der Waals surface area contributed by atoms with Crippen molar-refractivity contribution in [1.29, 1.82) is 0 Å². The number of rotatable bonds is 7. The van der Waals surface area contributed by atoms with Gasteiger partial charge in [-0.1, -0.05) is 70.5 Å². The van der Waals surface area contributed by atoms with E-state index in [1.165, 1.54) is 12.1 Å². The van der Waals surface area contributed by atoms with Crippen LogP contribution in [0.4, 0.5) is 5.69 Å². The van der Waals surface area contributed by atoms with Crippen LogP contribution in [0.3, 0.4) is 0 Å². The van der Waals surface area contributed by atoms with E-state index in [1.807, 2.05) is 30.3 Å². The highest BCUT2D eigenvalue weighted by Gasteiger charge is 2.37. The number of carbonyl (C=O) groups excluding carboxylic acids is 2. The van der Waals surface area contributed by atoms with Crippen molar-refractivity contribution in [2.45, 2.75) is 12.8 Å². The van der Waals surface area contributed by atoms with Crippen LogP contribution in [0.2, 0.25) is 0 Å². The van der Waals surface area contributed by atoms with Crippen molar-refractivity contribution < 1.29 is 24.2 Å². The van der Waals surface area contributed by atoms with Gasteiger partial charge >= 0.3 is 0 Å². The van der Waals surface area contributed by atoms with Gasteiger partial charge in [0, 0.05) is 15.7 Å². The van der Waals surface area contributed by atoms with E-state index in [4.69, 9.17) is 9.47 Å². The molecule has 0 aromatic heterocycles. The van der Waals surface area contributed by atoms with Crippen LogP contribution in [-0.2, 0) is 6.61 Å². The van der Waals surface area contributed by atoms with Crippen molar-refractivity contribution >= 4 is 33.4 Å². The Morgan fingerprint density at radius 3 is 2.53 bits per heavy atom. The third kappa shape index (κ3) is 5.01. The monoisotopic (exact) mass is 573 g/mol. The molecule has 1 atom stereocenters. The predicted molar refractivity (Wildman–Crippen MR) is 146 cm³/mol. The Kier molecular flexibility index (Phi) is 7.19. The molecule has 3 N–H and O–H groups in total. The SMILES string of the molecule is COc1cccc([C@@H]2Nc3ccc(Br)cc3C(=O)N2NC(=O)c2ccccc2OCc2ccccc2)c1O. The fourth-order valence-electron chi connectivity index (χ4n) is 4.22. The maximum atomic E-state index is 13.7. The summed E-state index contributed by atoms with van der Waals surface area (Å²) in [5.74, 6) is -0.538. The molecular weight excluding hydrogens is 550 g/mol. The summed E-state index contributed by atoms with van der Waals surface area (Å²) in [5.41, 5.74) is 5.20. The number of nitrogens with one attached hydrogen (secondary N) is 2. The highest BCUT2D eigenvalue weighted by atomic mass is 79.9. The number of amides is 2. The van der Waals surface area contributed by atoms with E-state index < -0.39 is 18.0 Å². The molecule has 0 aliphatic carbocycles. The lowest BCUT2D eigenvalue weighted by atomic mass is 10.0. The number of halogens is 1. The molecular formula is C29H24BrN3O5. The second kappa shape index (κ2) is 10.9. The van der Waals surface area contributed by atoms with Gasteiger partial charge in [-0.15, -0.1) is 0 Å². The zero-order chi connectivity index (χ0) is 26.6. The molecule has 1 aliphatic rings. The number of benzene rings is 4. The number of nitrogens with zero attached hydrogens (tertiary/aromatic N) is 1. The summed E-state index contributed by atoms with van der Waals surface area (Å²) in [6.07, 6.45) is -0.923. The Hall–Kier alpha value is -4.50. The third-order valence-corrected chi connectivity index (χ3v) is 6.61. The van der Waals surface area contributed by atoms with Crippen molar-refractivity contribution in [2.75, 3.05) is 12.4 Å². The minimum Gasteiger partial charge on any atom is -0.504 e. The molecule has 0 spiro atoms. The molecule has 38 heavy (non-hydrogen) atoms. The Bertz CT molecular complexity index is 1500. The minimum atomic E-state index is -0.923. The molecule has 4 aromatic rings. The normalized spacial score (nSPS) is 14.3. The van der Waals surface area contributed by atoms with Crippen LogP contribution in [0, 0.1) is 0 Å². The maximum Gasteiger partial charge on any atom is 0.276 e. The molecule has 5 rings (SSSR count). The quantitative estimate of drug-likeness (QED) is 0.264. The van der Waals surface area contributed by atoms with Gasteiger partial charge in [-0.25, -0.2) is 5.01 Å². The molecule has 4 aromatic carbocycles. The average Bonchev–Trinajstić information content (AvgIpc) is 2.94. The number of hydrogen-bond donors (Lipinski definition) is 3. The van der Waals surface area contributed by atoms with Gasteiger partial charge in [-0.2, -0.15) is 0 Å². The summed E-state index contributed by atoms with van der Waals surface area (Å²) < 4.78 is 11.9. The van der Waals surface area contributed by atoms with Crippen molar-refractivity contribution in [2.24, 2.45) is 0 Å². The number of phenolic OH excluding ortho intramolecular Hbond substituents is 1. The molecule has 192 valence electrons. The molecule has 0 bridgehead atoms.